The lowest BCUT2D eigenvalue weighted by Crippen LogP contribution is -2.52. The smallest absolute Gasteiger partial charge is 0.246 e. The molecule has 1 amide bonds. The van der Waals surface area contributed by atoms with Crippen LogP contribution in [0.1, 0.15) is 74.8 Å². The molecule has 2 aromatic rings. The molecular weight excluding hydrogens is 561 g/mol. The number of carbonyl (C=O) groups excluding carboxylic acids is 1. The quantitative estimate of drug-likeness (QED) is 0.256. The second-order valence-electron chi connectivity index (χ2n) is 14.5. The van der Waals surface area contributed by atoms with E-state index in [1.165, 1.54) is 13.2 Å². The van der Waals surface area contributed by atoms with E-state index in [1.54, 1.807) is 12.1 Å². The van der Waals surface area contributed by atoms with Gasteiger partial charge < -0.3 is 25.2 Å². The highest BCUT2D eigenvalue weighted by atomic mass is 28.3. The van der Waals surface area contributed by atoms with Crippen molar-refractivity contribution in [3.63, 3.8) is 0 Å². The lowest BCUT2D eigenvalue weighted by molar-refractivity contribution is -0.126. The van der Waals surface area contributed by atoms with E-state index in [0.717, 1.165) is 48.8 Å². The van der Waals surface area contributed by atoms with Crippen molar-refractivity contribution in [3.8, 4) is 17.3 Å². The van der Waals surface area contributed by atoms with Crippen LogP contribution in [0.4, 0.5) is 4.39 Å². The van der Waals surface area contributed by atoms with Crippen molar-refractivity contribution in [2.45, 2.75) is 103 Å². The van der Waals surface area contributed by atoms with Gasteiger partial charge in [-0.25, -0.2) is 9.37 Å². The zero-order chi connectivity index (χ0) is 31.4. The zero-order valence-electron chi connectivity index (χ0n) is 26.8. The van der Waals surface area contributed by atoms with Gasteiger partial charge in [0.2, 0.25) is 11.8 Å². The number of amides is 1. The zero-order valence-corrected chi connectivity index (χ0v) is 27.8. The topological polar surface area (TPSA) is 92.7 Å². The van der Waals surface area contributed by atoms with E-state index in [0.29, 0.717) is 11.4 Å². The highest BCUT2D eigenvalue weighted by Gasteiger charge is 2.46. The number of methoxy groups -OCH3 is 1. The Morgan fingerprint density at radius 2 is 2.02 bits per heavy atom. The van der Waals surface area contributed by atoms with Gasteiger partial charge >= 0.3 is 0 Å². The van der Waals surface area contributed by atoms with Crippen molar-refractivity contribution in [1.29, 1.82) is 0 Å². The summed E-state index contributed by atoms with van der Waals surface area (Å²) in [4.78, 5) is 17.3. The maximum Gasteiger partial charge on any atom is 0.246 e. The number of aromatic nitrogens is 1. The summed E-state index contributed by atoms with van der Waals surface area (Å²) in [5.41, 5.74) is 6.44. The summed E-state index contributed by atoms with van der Waals surface area (Å²) in [6.45, 7) is 13.1. The third-order valence-corrected chi connectivity index (χ3v) is 8.80. The highest BCUT2D eigenvalue weighted by Crippen LogP contribution is 2.48. The van der Waals surface area contributed by atoms with Crippen molar-refractivity contribution in [2.24, 2.45) is 5.41 Å². The largest absolute Gasteiger partial charge is 0.471 e. The normalized spacial score (nSPS) is 18.9. The fourth-order valence-electron chi connectivity index (χ4n) is 5.72. The molecule has 234 valence electrons. The minimum absolute atomic E-state index is 0.0710. The Labute approximate surface area is 257 Å². The second kappa shape index (κ2) is 13.5. The summed E-state index contributed by atoms with van der Waals surface area (Å²) >= 11 is 0. The van der Waals surface area contributed by atoms with E-state index >= 15 is 0 Å². The first-order valence-corrected chi connectivity index (χ1v) is 18.8. The number of nitrogens with one attached hydrogen (secondary N) is 2. The van der Waals surface area contributed by atoms with Crippen molar-refractivity contribution in [3.05, 3.63) is 58.5 Å². The van der Waals surface area contributed by atoms with Crippen molar-refractivity contribution >= 4 is 14.0 Å². The third-order valence-electron chi connectivity index (χ3n) is 7.93. The van der Waals surface area contributed by atoms with Crippen molar-refractivity contribution < 1.29 is 23.8 Å². The van der Waals surface area contributed by atoms with E-state index in [1.807, 2.05) is 6.20 Å². The molecule has 7 nitrogen and oxygen atoms in total. The van der Waals surface area contributed by atoms with Crippen molar-refractivity contribution in [2.75, 3.05) is 20.3 Å². The number of aliphatic hydroxyl groups excluding tert-OH is 1. The molecule has 2 aliphatic rings. The molecule has 4 rings (SSSR count). The first-order chi connectivity index (χ1) is 20.2. The van der Waals surface area contributed by atoms with Gasteiger partial charge in [0.05, 0.1) is 12.1 Å². The van der Waals surface area contributed by atoms with Gasteiger partial charge in [0, 0.05) is 43.4 Å². The first kappa shape index (κ1) is 33.1. The molecule has 1 spiro atoms. The predicted molar refractivity (Wildman–Crippen MR) is 170 cm³/mol. The number of rotatable bonds is 10. The van der Waals surface area contributed by atoms with Gasteiger partial charge in [0.25, 0.3) is 0 Å². The molecule has 0 radical (unpaired) electrons. The Kier molecular flexibility index (Phi) is 10.4. The van der Waals surface area contributed by atoms with Crippen LogP contribution in [-0.2, 0) is 22.4 Å². The van der Waals surface area contributed by atoms with E-state index in [2.05, 4.69) is 68.6 Å². The number of fused-ring (bicyclic) bond motifs is 1. The SMILES string of the molecule is COCC(=O)N[C@@H](Cc1cc(C#C[Si](C)(C)C)ccc1F)[C@H](O)CN[C@H]1CC2(CCC2)Oc2ncc(CC(C)(C)C)cc21. The van der Waals surface area contributed by atoms with Gasteiger partial charge in [-0.15, -0.1) is 5.54 Å². The van der Waals surface area contributed by atoms with Crippen LogP contribution >= 0.6 is 0 Å². The van der Waals surface area contributed by atoms with Gasteiger partial charge in [0.1, 0.15) is 26.1 Å². The molecule has 1 aliphatic carbocycles. The molecule has 1 aromatic carbocycles. The molecule has 1 aliphatic heterocycles. The number of pyridine rings is 1. The number of nitrogens with zero attached hydrogens (tertiary/aromatic N) is 1. The van der Waals surface area contributed by atoms with E-state index in [9.17, 15) is 14.3 Å². The number of hydrogen-bond acceptors (Lipinski definition) is 6. The second-order valence-corrected chi connectivity index (χ2v) is 19.2. The number of halogens is 1. The summed E-state index contributed by atoms with van der Waals surface area (Å²) in [5, 5.41) is 17.9. The lowest BCUT2D eigenvalue weighted by atomic mass is 9.73. The fourth-order valence-corrected chi connectivity index (χ4v) is 6.24. The number of carbonyl (C=O) groups is 1. The number of benzene rings is 1. The van der Waals surface area contributed by atoms with Crippen LogP contribution in [0, 0.1) is 22.7 Å². The Morgan fingerprint density at radius 3 is 2.65 bits per heavy atom. The fraction of sp³-hybridized carbons (Fsp3) is 0.588. The van der Waals surface area contributed by atoms with Gasteiger partial charge in [-0.3, -0.25) is 4.79 Å². The molecule has 43 heavy (non-hydrogen) atoms. The number of ether oxygens (including phenoxy) is 2. The average molecular weight is 610 g/mol. The van der Waals surface area contributed by atoms with Gasteiger partial charge in [-0.1, -0.05) is 46.3 Å². The van der Waals surface area contributed by atoms with E-state index in [-0.39, 0.29) is 42.5 Å². The summed E-state index contributed by atoms with van der Waals surface area (Å²) in [6, 6.07) is 6.15. The van der Waals surface area contributed by atoms with Crippen molar-refractivity contribution in [1.82, 2.24) is 15.6 Å². The molecule has 3 atom stereocenters. The molecule has 2 heterocycles. The molecule has 9 heteroatoms. The Balaban J connectivity index is 1.54. The van der Waals surface area contributed by atoms with Gasteiger partial charge in [-0.2, -0.15) is 0 Å². The van der Waals surface area contributed by atoms with Crippen LogP contribution in [0.5, 0.6) is 5.88 Å². The highest BCUT2D eigenvalue weighted by molar-refractivity contribution is 6.83. The summed E-state index contributed by atoms with van der Waals surface area (Å²) < 4.78 is 26.4. The molecule has 1 aromatic heterocycles. The number of hydrogen-bond donors (Lipinski definition) is 3. The minimum atomic E-state index is -1.62. The molecule has 3 N–H and O–H groups in total. The van der Waals surface area contributed by atoms with Crippen LogP contribution < -0.4 is 15.4 Å². The Morgan fingerprint density at radius 1 is 1.28 bits per heavy atom. The number of aliphatic hydroxyl groups is 1. The van der Waals surface area contributed by atoms with E-state index < -0.39 is 26.0 Å². The third kappa shape index (κ3) is 9.36. The molecule has 0 saturated heterocycles. The lowest BCUT2D eigenvalue weighted by Gasteiger charge is -2.47. The average Bonchev–Trinajstić information content (AvgIpc) is 2.89. The maximum atomic E-state index is 15.0. The minimum Gasteiger partial charge on any atom is -0.471 e. The monoisotopic (exact) mass is 609 g/mol. The molecule has 0 bridgehead atoms. The Bertz CT molecular complexity index is 1350. The summed E-state index contributed by atoms with van der Waals surface area (Å²) in [6.07, 6.45) is 5.76. The van der Waals surface area contributed by atoms with Crippen LogP contribution in [-0.4, -0.2) is 62.1 Å². The summed E-state index contributed by atoms with van der Waals surface area (Å²) in [7, 11) is -0.178. The van der Waals surface area contributed by atoms with Crippen LogP contribution in [0.3, 0.4) is 0 Å². The molecule has 1 fully saturated rings. The van der Waals surface area contributed by atoms with Gasteiger partial charge in [0.15, 0.2) is 0 Å². The first-order valence-electron chi connectivity index (χ1n) is 15.3. The standard InChI is InChI=1S/C34H48FN3O4Si/c1-33(2,3)18-24-16-26-29(19-34(12-8-13-34)42-32(26)37-20-24)36-21-30(39)28(38-31(40)22-41-4)17-25-15-23(9-10-27(25)35)11-14-43(5,6)7/h9-10,15-16,20,28-30,36,39H,8,12-13,17-19,21-22H2,1-7H3,(H,38,40)/t28-,29-,30+/m0/s1. The van der Waals surface area contributed by atoms with E-state index in [4.69, 9.17) is 14.5 Å². The summed E-state index contributed by atoms with van der Waals surface area (Å²) in [5.74, 6) is 3.06. The molecule has 1 saturated carbocycles. The molecule has 0 unspecified atom stereocenters. The Hall–Kier alpha value is -2.77. The van der Waals surface area contributed by atoms with Crippen LogP contribution in [0.15, 0.2) is 30.5 Å². The van der Waals surface area contributed by atoms with Crippen LogP contribution in [0.25, 0.3) is 0 Å². The predicted octanol–water partition coefficient (Wildman–Crippen LogP) is 5.11. The van der Waals surface area contributed by atoms with Crippen LogP contribution in [0.2, 0.25) is 19.6 Å². The molecular formula is C34H48FN3O4Si. The maximum absolute atomic E-state index is 15.0. The van der Waals surface area contributed by atoms with Gasteiger partial charge in [-0.05, 0) is 72.9 Å².